The van der Waals surface area contributed by atoms with Gasteiger partial charge in [0.25, 0.3) is 0 Å². The topological polar surface area (TPSA) is 38.3 Å². The molecule has 0 aliphatic heterocycles. The molecule has 3 unspecified atom stereocenters. The molecule has 26 heavy (non-hydrogen) atoms. The number of carbonyl (C=O) groups is 1. The maximum atomic E-state index is 9.89. The van der Waals surface area contributed by atoms with Crippen molar-refractivity contribution in [1.29, 1.82) is 0 Å². The van der Waals surface area contributed by atoms with Gasteiger partial charge in [0.1, 0.15) is 12.4 Å². The number of aldehydes is 1. The number of halogens is 1. The first-order valence-electron chi connectivity index (χ1n) is 9.90. The lowest BCUT2D eigenvalue weighted by Crippen LogP contribution is -2.46. The molecule has 1 saturated carbocycles. The van der Waals surface area contributed by atoms with Crippen LogP contribution in [0.2, 0.25) is 5.02 Å². The Bertz CT molecular complexity index is 421. The second-order valence-electron chi connectivity index (χ2n) is 6.61. The van der Waals surface area contributed by atoms with Crippen molar-refractivity contribution >= 4 is 17.9 Å². The van der Waals surface area contributed by atoms with Crippen LogP contribution in [-0.4, -0.2) is 26.0 Å². The number of hydrogen-bond donors (Lipinski definition) is 1. The molecule has 152 valence electrons. The fraction of sp³-hybridized carbons (Fsp3) is 0.682. The van der Waals surface area contributed by atoms with Gasteiger partial charge in [-0.3, -0.25) is 4.79 Å². The van der Waals surface area contributed by atoms with E-state index in [2.05, 4.69) is 46.9 Å². The number of nitrogens with one attached hydrogen (secondary N) is 1. The third kappa shape index (κ3) is 14.1. The van der Waals surface area contributed by atoms with E-state index >= 15 is 0 Å². The maximum Gasteiger partial charge on any atom is 0.157 e. The number of rotatable bonds is 5. The molecule has 1 N–H and O–H groups in total. The molecule has 0 saturated heterocycles. The van der Waals surface area contributed by atoms with Crippen LogP contribution < -0.4 is 10.1 Å². The Morgan fingerprint density at radius 2 is 1.62 bits per heavy atom. The highest BCUT2D eigenvalue weighted by molar-refractivity contribution is 6.30. The van der Waals surface area contributed by atoms with E-state index in [1.54, 1.807) is 24.3 Å². The summed E-state index contributed by atoms with van der Waals surface area (Å²) in [7, 11) is 2.05. The van der Waals surface area contributed by atoms with Crippen molar-refractivity contribution < 1.29 is 9.53 Å². The Kier molecular flexibility index (Phi) is 19.6. The Labute approximate surface area is 166 Å². The van der Waals surface area contributed by atoms with Crippen LogP contribution >= 0.6 is 11.6 Å². The van der Waals surface area contributed by atoms with Crippen molar-refractivity contribution in [2.24, 2.45) is 11.8 Å². The average molecular weight is 386 g/mol. The zero-order valence-electron chi connectivity index (χ0n) is 17.8. The van der Waals surface area contributed by atoms with Crippen LogP contribution in [0, 0.1) is 11.8 Å². The summed E-state index contributed by atoms with van der Waals surface area (Å²) in [5, 5.41) is 3.94. The van der Waals surface area contributed by atoms with Crippen LogP contribution in [0.1, 0.15) is 67.2 Å². The van der Waals surface area contributed by atoms with Gasteiger partial charge in [-0.2, -0.15) is 0 Å². The second-order valence-corrected chi connectivity index (χ2v) is 7.04. The lowest BCUT2D eigenvalue weighted by Gasteiger charge is -2.40. The molecule has 2 rings (SSSR count). The highest BCUT2D eigenvalue weighted by atomic mass is 35.5. The second kappa shape index (κ2) is 18.7. The van der Waals surface area contributed by atoms with Crippen LogP contribution in [-0.2, 0) is 4.79 Å². The monoisotopic (exact) mass is 385 g/mol. The van der Waals surface area contributed by atoms with Crippen molar-refractivity contribution in [2.75, 3.05) is 13.7 Å². The molecular formula is C22H40ClNO2. The van der Waals surface area contributed by atoms with E-state index in [1.165, 1.54) is 25.7 Å². The summed E-state index contributed by atoms with van der Waals surface area (Å²) in [5.41, 5.74) is 0. The molecule has 1 fully saturated rings. The smallest absolute Gasteiger partial charge is 0.157 e. The number of benzene rings is 1. The van der Waals surface area contributed by atoms with Crippen LogP contribution in [0.15, 0.2) is 24.3 Å². The first kappa shape index (κ1) is 27.2. The van der Waals surface area contributed by atoms with Crippen LogP contribution in [0.25, 0.3) is 0 Å². The van der Waals surface area contributed by atoms with Gasteiger partial charge in [0, 0.05) is 11.1 Å². The molecular weight excluding hydrogens is 346 g/mol. The number of carbonyl (C=O) groups excluding carboxylic acids is 1. The molecule has 0 heterocycles. The highest BCUT2D eigenvalue weighted by Gasteiger charge is 2.32. The fourth-order valence-corrected chi connectivity index (χ4v) is 2.20. The van der Waals surface area contributed by atoms with Crippen molar-refractivity contribution in [1.82, 2.24) is 5.32 Å². The fourth-order valence-electron chi connectivity index (χ4n) is 2.07. The quantitative estimate of drug-likeness (QED) is 0.596. The van der Waals surface area contributed by atoms with Crippen molar-refractivity contribution in [3.05, 3.63) is 29.3 Å². The Morgan fingerprint density at radius 1 is 1.12 bits per heavy atom. The van der Waals surface area contributed by atoms with Gasteiger partial charge in [0.2, 0.25) is 0 Å². The minimum absolute atomic E-state index is 0.0850. The van der Waals surface area contributed by atoms with E-state index in [4.69, 9.17) is 16.3 Å². The van der Waals surface area contributed by atoms with Gasteiger partial charge in [0.15, 0.2) is 6.29 Å². The molecule has 0 amide bonds. The van der Waals surface area contributed by atoms with Crippen molar-refractivity contribution in [2.45, 2.75) is 73.3 Å². The average Bonchev–Trinajstić information content (AvgIpc) is 2.66. The van der Waals surface area contributed by atoms with E-state index in [-0.39, 0.29) is 6.61 Å². The van der Waals surface area contributed by atoms with E-state index < -0.39 is 0 Å². The SMILES string of the molecule is CCC.CCCC.CNC1CC(C)C1C.O=CCOc1ccc(Cl)cc1. The van der Waals surface area contributed by atoms with Crippen LogP contribution in [0.4, 0.5) is 0 Å². The predicted molar refractivity (Wildman–Crippen MR) is 115 cm³/mol. The van der Waals surface area contributed by atoms with Gasteiger partial charge in [-0.15, -0.1) is 0 Å². The third-order valence-electron chi connectivity index (χ3n) is 4.16. The summed E-state index contributed by atoms with van der Waals surface area (Å²) in [4.78, 5) is 9.89. The first-order chi connectivity index (χ1) is 12.4. The van der Waals surface area contributed by atoms with Gasteiger partial charge in [-0.1, -0.05) is 72.4 Å². The predicted octanol–water partition coefficient (Wildman–Crippen LogP) is 6.39. The normalized spacial score (nSPS) is 19.9. The molecule has 1 aliphatic carbocycles. The van der Waals surface area contributed by atoms with E-state index in [1.807, 2.05) is 7.05 Å². The summed E-state index contributed by atoms with van der Waals surface area (Å²) < 4.78 is 4.98. The largest absolute Gasteiger partial charge is 0.486 e. The summed E-state index contributed by atoms with van der Waals surface area (Å²) >= 11 is 5.62. The molecule has 3 nitrogen and oxygen atoms in total. The lowest BCUT2D eigenvalue weighted by atomic mass is 9.72. The molecule has 1 aromatic rings. The molecule has 1 aliphatic rings. The number of ether oxygens (including phenoxy) is 1. The summed E-state index contributed by atoms with van der Waals surface area (Å²) in [5.74, 6) is 2.51. The van der Waals surface area contributed by atoms with Gasteiger partial charge in [-0.05, 0) is 49.6 Å². The van der Waals surface area contributed by atoms with Gasteiger partial charge in [-0.25, -0.2) is 0 Å². The van der Waals surface area contributed by atoms with Crippen molar-refractivity contribution in [3.8, 4) is 5.75 Å². The minimum atomic E-state index is 0.0850. The van der Waals surface area contributed by atoms with E-state index in [0.29, 0.717) is 17.1 Å². The summed E-state index contributed by atoms with van der Waals surface area (Å²) in [6.45, 7) is 13.3. The zero-order chi connectivity index (χ0) is 20.4. The Hall–Kier alpha value is -1.06. The number of unbranched alkanes of at least 4 members (excludes halogenated alkanes) is 1. The standard InChI is InChI=1S/C8H7ClO2.C7H15N.C4H10.C3H8/c9-7-1-3-8(4-2-7)11-6-5-10;1-5-4-7(8-3)6(5)2;1-3-4-2;1-3-2/h1-5H,6H2;5-8H,4H2,1-3H3;3-4H2,1-2H3;3H2,1-2H3. The van der Waals surface area contributed by atoms with E-state index in [9.17, 15) is 4.79 Å². The van der Waals surface area contributed by atoms with Gasteiger partial charge >= 0.3 is 0 Å². The molecule has 1 aromatic carbocycles. The first-order valence-corrected chi connectivity index (χ1v) is 10.3. The molecule has 0 bridgehead atoms. The summed E-state index contributed by atoms with van der Waals surface area (Å²) in [6, 6.07) is 7.66. The molecule has 0 aromatic heterocycles. The zero-order valence-corrected chi connectivity index (χ0v) is 18.6. The molecule has 0 radical (unpaired) electrons. The highest BCUT2D eigenvalue weighted by Crippen LogP contribution is 2.32. The lowest BCUT2D eigenvalue weighted by molar-refractivity contribution is -0.109. The van der Waals surface area contributed by atoms with Crippen LogP contribution in [0.5, 0.6) is 5.75 Å². The Balaban J connectivity index is 0. The van der Waals surface area contributed by atoms with Crippen molar-refractivity contribution in [3.63, 3.8) is 0 Å². The molecule has 4 heteroatoms. The number of hydrogen-bond acceptors (Lipinski definition) is 3. The Morgan fingerprint density at radius 3 is 1.88 bits per heavy atom. The van der Waals surface area contributed by atoms with Gasteiger partial charge < -0.3 is 10.1 Å². The minimum Gasteiger partial charge on any atom is -0.486 e. The molecule has 3 atom stereocenters. The maximum absolute atomic E-state index is 9.89. The van der Waals surface area contributed by atoms with E-state index in [0.717, 1.165) is 17.9 Å². The molecule has 0 spiro atoms. The third-order valence-corrected chi connectivity index (χ3v) is 4.41. The summed E-state index contributed by atoms with van der Waals surface area (Å²) in [6.07, 6.45) is 5.96. The van der Waals surface area contributed by atoms with Gasteiger partial charge in [0.05, 0.1) is 0 Å². The van der Waals surface area contributed by atoms with Crippen LogP contribution in [0.3, 0.4) is 0 Å².